The van der Waals surface area contributed by atoms with Crippen molar-refractivity contribution in [3.05, 3.63) is 35.4 Å². The molecule has 1 aromatic carbocycles. The van der Waals surface area contributed by atoms with Gasteiger partial charge in [-0.1, -0.05) is 18.2 Å². The summed E-state index contributed by atoms with van der Waals surface area (Å²) < 4.78 is 25.0. The van der Waals surface area contributed by atoms with Crippen LogP contribution >= 0.6 is 0 Å². The highest BCUT2D eigenvalue weighted by Gasteiger charge is 2.16. The third-order valence-corrected chi connectivity index (χ3v) is 2.71. The van der Waals surface area contributed by atoms with Crippen LogP contribution in [0.5, 0.6) is 0 Å². The van der Waals surface area contributed by atoms with Crippen LogP contribution in [-0.2, 0) is 6.54 Å². The van der Waals surface area contributed by atoms with Crippen LogP contribution in [0.3, 0.4) is 0 Å². The topological polar surface area (TPSA) is 32.3 Å². The second kappa shape index (κ2) is 6.07. The summed E-state index contributed by atoms with van der Waals surface area (Å²) in [5.74, 6) is 0. The van der Waals surface area contributed by atoms with Gasteiger partial charge in [-0.15, -0.1) is 0 Å². The third kappa shape index (κ3) is 4.79. The van der Waals surface area contributed by atoms with E-state index in [9.17, 15) is 8.78 Å². The van der Waals surface area contributed by atoms with Gasteiger partial charge in [0.25, 0.3) is 6.43 Å². The third-order valence-electron chi connectivity index (χ3n) is 2.71. The van der Waals surface area contributed by atoms with E-state index in [-0.39, 0.29) is 17.7 Å². The first kappa shape index (κ1) is 14.1. The minimum atomic E-state index is -2.43. The zero-order valence-corrected chi connectivity index (χ0v) is 10.2. The van der Waals surface area contributed by atoms with Gasteiger partial charge in [0.05, 0.1) is 0 Å². The highest BCUT2D eigenvalue weighted by Crippen LogP contribution is 2.19. The van der Waals surface area contributed by atoms with E-state index in [0.29, 0.717) is 13.0 Å². The smallest absolute Gasteiger partial charge is 0.263 e. The van der Waals surface area contributed by atoms with E-state index < -0.39 is 6.43 Å². The van der Waals surface area contributed by atoms with E-state index in [4.69, 9.17) is 5.11 Å². The molecule has 0 spiro atoms. The number of aliphatic hydroxyl groups excluding tert-OH is 1. The number of hydrogen-bond donors (Lipinski definition) is 2. The summed E-state index contributed by atoms with van der Waals surface area (Å²) in [6, 6.07) is 6.38. The van der Waals surface area contributed by atoms with Crippen molar-refractivity contribution in [1.82, 2.24) is 5.32 Å². The average molecular weight is 243 g/mol. The van der Waals surface area contributed by atoms with Crippen molar-refractivity contribution in [1.29, 1.82) is 0 Å². The Morgan fingerprint density at radius 3 is 2.65 bits per heavy atom. The molecule has 0 aliphatic rings. The summed E-state index contributed by atoms with van der Waals surface area (Å²) >= 11 is 0. The predicted molar refractivity (Wildman–Crippen MR) is 64.0 cm³/mol. The van der Waals surface area contributed by atoms with Crippen LogP contribution < -0.4 is 5.32 Å². The number of aliphatic hydroxyl groups is 1. The molecule has 2 N–H and O–H groups in total. The van der Waals surface area contributed by atoms with Crippen molar-refractivity contribution >= 4 is 0 Å². The van der Waals surface area contributed by atoms with Gasteiger partial charge in [0.15, 0.2) is 0 Å². The van der Waals surface area contributed by atoms with Crippen LogP contribution in [0.25, 0.3) is 0 Å². The minimum absolute atomic E-state index is 0.0456. The lowest BCUT2D eigenvalue weighted by Gasteiger charge is -2.25. The van der Waals surface area contributed by atoms with Crippen molar-refractivity contribution < 1.29 is 13.9 Å². The lowest BCUT2D eigenvalue weighted by atomic mass is 10.0. The highest BCUT2D eigenvalue weighted by atomic mass is 19.3. The van der Waals surface area contributed by atoms with Gasteiger partial charge in [0, 0.05) is 24.3 Å². The molecule has 0 aliphatic heterocycles. The largest absolute Gasteiger partial charge is 0.396 e. The molecule has 2 nitrogen and oxygen atoms in total. The molecule has 0 amide bonds. The molecular weight excluding hydrogens is 224 g/mol. The molecule has 0 bridgehead atoms. The Kier molecular flexibility index (Phi) is 5.02. The van der Waals surface area contributed by atoms with E-state index in [1.165, 1.54) is 12.1 Å². The first-order valence-electron chi connectivity index (χ1n) is 5.67. The van der Waals surface area contributed by atoms with Crippen LogP contribution in [-0.4, -0.2) is 17.3 Å². The molecule has 0 saturated heterocycles. The zero-order chi connectivity index (χ0) is 12.9. The Morgan fingerprint density at radius 1 is 1.35 bits per heavy atom. The van der Waals surface area contributed by atoms with E-state index in [0.717, 1.165) is 5.56 Å². The van der Waals surface area contributed by atoms with Gasteiger partial charge in [0.1, 0.15) is 0 Å². The number of nitrogens with one attached hydrogen (secondary N) is 1. The zero-order valence-electron chi connectivity index (χ0n) is 10.2. The quantitative estimate of drug-likeness (QED) is 0.805. The van der Waals surface area contributed by atoms with Gasteiger partial charge in [-0.25, -0.2) is 8.78 Å². The van der Waals surface area contributed by atoms with Gasteiger partial charge in [-0.05, 0) is 31.9 Å². The number of halogens is 2. The summed E-state index contributed by atoms with van der Waals surface area (Å²) in [7, 11) is 0. The van der Waals surface area contributed by atoms with Crippen molar-refractivity contribution in [2.75, 3.05) is 6.61 Å². The molecule has 0 fully saturated rings. The van der Waals surface area contributed by atoms with Gasteiger partial charge in [0.2, 0.25) is 0 Å². The molecule has 4 heteroatoms. The van der Waals surface area contributed by atoms with E-state index in [1.54, 1.807) is 6.07 Å². The summed E-state index contributed by atoms with van der Waals surface area (Å²) in [5.41, 5.74) is 0.674. The van der Waals surface area contributed by atoms with Gasteiger partial charge in [-0.3, -0.25) is 0 Å². The maximum Gasteiger partial charge on any atom is 0.263 e. The average Bonchev–Trinajstić information content (AvgIpc) is 2.27. The van der Waals surface area contributed by atoms with Gasteiger partial charge >= 0.3 is 0 Å². The maximum atomic E-state index is 12.5. The van der Waals surface area contributed by atoms with Crippen LogP contribution in [0.4, 0.5) is 8.78 Å². The van der Waals surface area contributed by atoms with Gasteiger partial charge in [-0.2, -0.15) is 0 Å². The Hall–Kier alpha value is -1.00. The number of rotatable bonds is 6. The Morgan fingerprint density at radius 2 is 2.06 bits per heavy atom. The van der Waals surface area contributed by atoms with Crippen molar-refractivity contribution in [3.8, 4) is 0 Å². The number of benzene rings is 1. The molecule has 0 radical (unpaired) electrons. The molecule has 0 atom stereocenters. The lowest BCUT2D eigenvalue weighted by Crippen LogP contribution is -2.39. The minimum Gasteiger partial charge on any atom is -0.396 e. The van der Waals surface area contributed by atoms with Crippen molar-refractivity contribution in [2.45, 2.75) is 38.8 Å². The molecule has 0 saturated carbocycles. The molecule has 1 rings (SSSR count). The molecule has 1 aromatic rings. The fourth-order valence-electron chi connectivity index (χ4n) is 1.55. The van der Waals surface area contributed by atoms with Crippen LogP contribution in [0.15, 0.2) is 24.3 Å². The maximum absolute atomic E-state index is 12.5. The monoisotopic (exact) mass is 243 g/mol. The molecule has 0 aliphatic carbocycles. The predicted octanol–water partition coefficient (Wildman–Crippen LogP) is 2.87. The Balaban J connectivity index is 2.60. The van der Waals surface area contributed by atoms with Crippen LogP contribution in [0.2, 0.25) is 0 Å². The Bertz CT molecular complexity index is 353. The molecule has 0 heterocycles. The number of hydrogen-bond acceptors (Lipinski definition) is 2. The highest BCUT2D eigenvalue weighted by molar-refractivity contribution is 5.24. The van der Waals surface area contributed by atoms with Crippen LogP contribution in [0.1, 0.15) is 37.8 Å². The van der Waals surface area contributed by atoms with Gasteiger partial charge < -0.3 is 10.4 Å². The summed E-state index contributed by atoms with van der Waals surface area (Å²) in [4.78, 5) is 0. The molecule has 0 aromatic heterocycles. The lowest BCUT2D eigenvalue weighted by molar-refractivity contribution is 0.151. The fourth-order valence-corrected chi connectivity index (χ4v) is 1.55. The molecule has 17 heavy (non-hydrogen) atoms. The molecular formula is C13H19F2NO. The van der Waals surface area contributed by atoms with Crippen LogP contribution in [0, 0.1) is 0 Å². The number of alkyl halides is 2. The second-order valence-corrected chi connectivity index (χ2v) is 4.76. The Labute approximate surface area is 101 Å². The standard InChI is InChI=1S/C13H19F2NO/c1-13(2,6-7-17)16-9-10-4-3-5-11(8-10)12(14)15/h3-5,8,12,16-17H,6-7,9H2,1-2H3. The second-order valence-electron chi connectivity index (χ2n) is 4.76. The summed E-state index contributed by atoms with van der Waals surface area (Å²) in [5, 5.41) is 12.1. The summed E-state index contributed by atoms with van der Waals surface area (Å²) in [6.07, 6.45) is -1.80. The first-order valence-corrected chi connectivity index (χ1v) is 5.67. The normalized spacial score (nSPS) is 12.1. The van der Waals surface area contributed by atoms with Crippen molar-refractivity contribution in [2.24, 2.45) is 0 Å². The van der Waals surface area contributed by atoms with E-state index in [1.807, 2.05) is 19.9 Å². The molecule has 0 unspecified atom stereocenters. The van der Waals surface area contributed by atoms with E-state index in [2.05, 4.69) is 5.32 Å². The fraction of sp³-hybridized carbons (Fsp3) is 0.538. The molecule has 96 valence electrons. The van der Waals surface area contributed by atoms with Crippen molar-refractivity contribution in [3.63, 3.8) is 0 Å². The SMILES string of the molecule is CC(C)(CCO)NCc1cccc(C(F)F)c1. The first-order chi connectivity index (χ1) is 7.94. The summed E-state index contributed by atoms with van der Waals surface area (Å²) in [6.45, 7) is 4.57. The van der Waals surface area contributed by atoms with E-state index >= 15 is 0 Å².